The van der Waals surface area contributed by atoms with Crippen LogP contribution in [0.5, 0.6) is 0 Å². The van der Waals surface area contributed by atoms with Crippen molar-refractivity contribution in [2.45, 2.75) is 26.2 Å². The van der Waals surface area contributed by atoms with Gasteiger partial charge < -0.3 is 0 Å². The van der Waals surface area contributed by atoms with Crippen LogP contribution in [0.3, 0.4) is 0 Å². The summed E-state index contributed by atoms with van der Waals surface area (Å²) in [5.41, 5.74) is 3.43. The van der Waals surface area contributed by atoms with Gasteiger partial charge in [0.05, 0.1) is 6.67 Å². The van der Waals surface area contributed by atoms with Crippen LogP contribution in [-0.2, 0) is 6.42 Å². The zero-order valence-electron chi connectivity index (χ0n) is 8.89. The Labute approximate surface area is 85.5 Å². The first-order valence-corrected chi connectivity index (χ1v) is 5.04. The smallest absolute Gasteiger partial charge is 0.0960 e. The molecule has 0 heterocycles. The maximum absolute atomic E-state index is 12.6. The zero-order valence-corrected chi connectivity index (χ0v) is 8.89. The minimum atomic E-state index is -0.312. The molecular formula is C13H17F. The largest absolute Gasteiger partial charge is 0.250 e. The molecule has 0 aliphatic carbocycles. The second kappa shape index (κ2) is 4.94. The summed E-state index contributed by atoms with van der Waals surface area (Å²) in [4.78, 5) is 0. The van der Waals surface area contributed by atoms with Crippen molar-refractivity contribution in [2.75, 3.05) is 6.67 Å². The standard InChI is InChI=1S/C13H17F/c1-4-11-7-6-8-13(10(3)9-14)12(11)5-2/h5-8,10H,2,4,9H2,1,3H3. The molecule has 14 heavy (non-hydrogen) atoms. The average molecular weight is 192 g/mol. The first kappa shape index (κ1) is 11.0. The van der Waals surface area contributed by atoms with Crippen LogP contribution in [0, 0.1) is 0 Å². The Hall–Kier alpha value is -1.11. The van der Waals surface area contributed by atoms with Crippen LogP contribution in [0.25, 0.3) is 6.08 Å². The van der Waals surface area contributed by atoms with Crippen LogP contribution >= 0.6 is 0 Å². The van der Waals surface area contributed by atoms with E-state index in [2.05, 4.69) is 19.6 Å². The Morgan fingerprint density at radius 1 is 1.50 bits per heavy atom. The van der Waals surface area contributed by atoms with Crippen molar-refractivity contribution >= 4 is 6.08 Å². The van der Waals surface area contributed by atoms with Gasteiger partial charge in [-0.1, -0.05) is 44.7 Å². The summed E-state index contributed by atoms with van der Waals surface area (Å²) in [5, 5.41) is 0. The lowest BCUT2D eigenvalue weighted by Gasteiger charge is -2.14. The monoisotopic (exact) mass is 192 g/mol. The minimum Gasteiger partial charge on any atom is -0.250 e. The van der Waals surface area contributed by atoms with Crippen LogP contribution in [0.4, 0.5) is 4.39 Å². The number of rotatable bonds is 4. The second-order valence-corrected chi connectivity index (χ2v) is 3.53. The van der Waals surface area contributed by atoms with E-state index in [-0.39, 0.29) is 12.6 Å². The SMILES string of the molecule is C=Cc1c(CC)cccc1C(C)CF. The quantitative estimate of drug-likeness (QED) is 0.677. The summed E-state index contributed by atoms with van der Waals surface area (Å²) in [5.74, 6) is -0.0329. The van der Waals surface area contributed by atoms with Crippen LogP contribution in [0.15, 0.2) is 24.8 Å². The molecule has 0 aliphatic rings. The predicted molar refractivity (Wildman–Crippen MR) is 60.3 cm³/mol. The molecule has 0 amide bonds. The fourth-order valence-electron chi connectivity index (χ4n) is 1.70. The molecule has 0 N–H and O–H groups in total. The summed E-state index contributed by atoms with van der Waals surface area (Å²) in [7, 11) is 0. The van der Waals surface area contributed by atoms with E-state index in [0.717, 1.165) is 17.5 Å². The highest BCUT2D eigenvalue weighted by molar-refractivity contribution is 5.57. The fourth-order valence-corrected chi connectivity index (χ4v) is 1.70. The lowest BCUT2D eigenvalue weighted by molar-refractivity contribution is 0.447. The third kappa shape index (κ3) is 2.03. The molecule has 0 fully saturated rings. The molecule has 1 unspecified atom stereocenters. The topological polar surface area (TPSA) is 0 Å². The molecule has 1 aromatic rings. The Kier molecular flexibility index (Phi) is 3.87. The highest BCUT2D eigenvalue weighted by Crippen LogP contribution is 2.24. The number of aryl methyl sites for hydroxylation is 1. The van der Waals surface area contributed by atoms with E-state index in [1.54, 1.807) is 0 Å². The highest BCUT2D eigenvalue weighted by atomic mass is 19.1. The van der Waals surface area contributed by atoms with Gasteiger partial charge in [-0.2, -0.15) is 0 Å². The number of alkyl halides is 1. The van der Waals surface area contributed by atoms with Gasteiger partial charge in [0, 0.05) is 5.92 Å². The molecule has 1 atom stereocenters. The lowest BCUT2D eigenvalue weighted by atomic mass is 9.92. The number of halogens is 1. The van der Waals surface area contributed by atoms with Gasteiger partial charge in [0.1, 0.15) is 0 Å². The van der Waals surface area contributed by atoms with Gasteiger partial charge in [0.2, 0.25) is 0 Å². The molecule has 0 aliphatic heterocycles. The van der Waals surface area contributed by atoms with Gasteiger partial charge in [-0.05, 0) is 23.1 Å². The number of hydrogen-bond donors (Lipinski definition) is 0. The van der Waals surface area contributed by atoms with E-state index >= 15 is 0 Å². The van der Waals surface area contributed by atoms with Crippen molar-refractivity contribution in [1.82, 2.24) is 0 Å². The van der Waals surface area contributed by atoms with Gasteiger partial charge in [-0.15, -0.1) is 0 Å². The molecule has 0 bridgehead atoms. The van der Waals surface area contributed by atoms with Gasteiger partial charge in [-0.25, -0.2) is 0 Å². The molecule has 0 aromatic heterocycles. The number of benzene rings is 1. The van der Waals surface area contributed by atoms with Crippen molar-refractivity contribution in [3.05, 3.63) is 41.5 Å². The Morgan fingerprint density at radius 3 is 2.71 bits per heavy atom. The van der Waals surface area contributed by atoms with Gasteiger partial charge in [0.25, 0.3) is 0 Å². The van der Waals surface area contributed by atoms with E-state index in [4.69, 9.17) is 0 Å². The normalized spacial score (nSPS) is 12.5. The molecule has 0 spiro atoms. The molecule has 0 nitrogen and oxygen atoms in total. The third-order valence-electron chi connectivity index (χ3n) is 2.58. The van der Waals surface area contributed by atoms with E-state index in [1.807, 2.05) is 25.1 Å². The Bertz CT molecular complexity index is 315. The molecule has 1 heteroatoms. The summed E-state index contributed by atoms with van der Waals surface area (Å²) in [6.45, 7) is 7.49. The fraction of sp³-hybridized carbons (Fsp3) is 0.385. The molecule has 0 radical (unpaired) electrons. The molecule has 1 rings (SSSR count). The van der Waals surface area contributed by atoms with Crippen LogP contribution in [0.1, 0.15) is 36.5 Å². The van der Waals surface area contributed by atoms with Crippen molar-refractivity contribution in [2.24, 2.45) is 0 Å². The van der Waals surface area contributed by atoms with Gasteiger partial charge in [-0.3, -0.25) is 4.39 Å². The van der Waals surface area contributed by atoms with Crippen molar-refractivity contribution < 1.29 is 4.39 Å². The van der Waals surface area contributed by atoms with Crippen molar-refractivity contribution in [3.8, 4) is 0 Å². The molecule has 0 saturated heterocycles. The van der Waals surface area contributed by atoms with Crippen LogP contribution in [-0.4, -0.2) is 6.67 Å². The van der Waals surface area contributed by atoms with E-state index in [0.29, 0.717) is 0 Å². The molecule has 0 saturated carbocycles. The van der Waals surface area contributed by atoms with Crippen LogP contribution in [0.2, 0.25) is 0 Å². The summed E-state index contributed by atoms with van der Waals surface area (Å²) in [6.07, 6.45) is 2.80. The Morgan fingerprint density at radius 2 is 2.21 bits per heavy atom. The zero-order chi connectivity index (χ0) is 10.6. The predicted octanol–water partition coefficient (Wildman–Crippen LogP) is 3.97. The van der Waals surface area contributed by atoms with Crippen molar-refractivity contribution in [1.29, 1.82) is 0 Å². The molecular weight excluding hydrogens is 175 g/mol. The summed E-state index contributed by atoms with van der Waals surface area (Å²) < 4.78 is 12.6. The number of hydrogen-bond acceptors (Lipinski definition) is 0. The van der Waals surface area contributed by atoms with Gasteiger partial charge >= 0.3 is 0 Å². The minimum absolute atomic E-state index is 0.0329. The summed E-state index contributed by atoms with van der Waals surface area (Å²) >= 11 is 0. The first-order valence-electron chi connectivity index (χ1n) is 5.04. The Balaban J connectivity index is 3.21. The maximum atomic E-state index is 12.6. The highest BCUT2D eigenvalue weighted by Gasteiger charge is 2.10. The lowest BCUT2D eigenvalue weighted by Crippen LogP contribution is -2.01. The first-order chi connectivity index (χ1) is 6.74. The maximum Gasteiger partial charge on any atom is 0.0960 e. The van der Waals surface area contributed by atoms with E-state index in [9.17, 15) is 4.39 Å². The van der Waals surface area contributed by atoms with E-state index < -0.39 is 0 Å². The third-order valence-corrected chi connectivity index (χ3v) is 2.58. The second-order valence-electron chi connectivity index (χ2n) is 3.53. The molecule has 76 valence electrons. The average Bonchev–Trinajstić information content (AvgIpc) is 2.26. The summed E-state index contributed by atoms with van der Waals surface area (Å²) in [6, 6.07) is 6.05. The van der Waals surface area contributed by atoms with Crippen LogP contribution < -0.4 is 0 Å². The van der Waals surface area contributed by atoms with Crippen molar-refractivity contribution in [3.63, 3.8) is 0 Å². The molecule has 1 aromatic carbocycles. The van der Waals surface area contributed by atoms with E-state index in [1.165, 1.54) is 5.56 Å². The van der Waals surface area contributed by atoms with Gasteiger partial charge in [0.15, 0.2) is 0 Å².